The lowest BCUT2D eigenvalue weighted by Gasteiger charge is -2.28. The van der Waals surface area contributed by atoms with Crippen molar-refractivity contribution in [3.05, 3.63) is 77.0 Å². The van der Waals surface area contributed by atoms with Crippen LogP contribution in [0.5, 0.6) is 0 Å². The minimum atomic E-state index is -3.59. The molecule has 4 heterocycles. The molecule has 38 heavy (non-hydrogen) atoms. The van der Waals surface area contributed by atoms with Gasteiger partial charge in [0, 0.05) is 37.1 Å². The number of hydrogen-bond acceptors (Lipinski definition) is 6. The first-order valence-corrected chi connectivity index (χ1v) is 12.0. The van der Waals surface area contributed by atoms with Gasteiger partial charge in [-0.15, -0.1) is 10.2 Å². The molecule has 4 aromatic rings. The largest absolute Gasteiger partial charge is 0.404 e. The summed E-state index contributed by atoms with van der Waals surface area (Å²) in [5.41, 5.74) is 7.59. The maximum absolute atomic E-state index is 15.6. The number of amidine groups is 1. The number of aromatic nitrogens is 6. The predicted octanol–water partition coefficient (Wildman–Crippen LogP) is 4.74. The Morgan fingerprint density at radius 3 is 2.82 bits per heavy atom. The number of rotatable bonds is 6. The third-order valence-corrected chi connectivity index (χ3v) is 6.57. The van der Waals surface area contributed by atoms with Crippen molar-refractivity contribution in [1.82, 2.24) is 29.3 Å². The van der Waals surface area contributed by atoms with E-state index in [2.05, 4.69) is 30.5 Å². The molecule has 9 nitrogen and oxygen atoms in total. The zero-order chi connectivity index (χ0) is 27.0. The SMILES string of the molecule is CN=C(C=CN)Nc1ncc(C)c(-c2cc3n(c2)C[C@H](CF)n2c-3nnc2C(F)(F)c2ccccc2Cl)n1. The summed E-state index contributed by atoms with van der Waals surface area (Å²) in [6.07, 6.45) is 6.35. The van der Waals surface area contributed by atoms with E-state index in [9.17, 15) is 4.39 Å². The summed E-state index contributed by atoms with van der Waals surface area (Å²) in [5, 5.41) is 10.7. The van der Waals surface area contributed by atoms with E-state index in [-0.39, 0.29) is 17.4 Å². The Morgan fingerprint density at radius 2 is 2.11 bits per heavy atom. The van der Waals surface area contributed by atoms with Gasteiger partial charge in [0.2, 0.25) is 11.8 Å². The van der Waals surface area contributed by atoms with Gasteiger partial charge in [-0.3, -0.25) is 9.56 Å². The molecule has 0 saturated heterocycles. The van der Waals surface area contributed by atoms with Gasteiger partial charge < -0.3 is 15.6 Å². The van der Waals surface area contributed by atoms with E-state index in [1.807, 2.05) is 6.92 Å². The number of nitrogens with one attached hydrogen (secondary N) is 1. The number of fused-ring (bicyclic) bond motifs is 3. The molecule has 5 rings (SSSR count). The van der Waals surface area contributed by atoms with Gasteiger partial charge in [0.15, 0.2) is 5.82 Å². The average molecular weight is 542 g/mol. The quantitative estimate of drug-likeness (QED) is 0.269. The highest BCUT2D eigenvalue weighted by Gasteiger charge is 2.45. The number of aliphatic imine (C=N–C) groups is 1. The van der Waals surface area contributed by atoms with Gasteiger partial charge in [-0.25, -0.2) is 14.4 Å². The molecule has 196 valence electrons. The molecule has 0 spiro atoms. The maximum atomic E-state index is 15.6. The van der Waals surface area contributed by atoms with Crippen LogP contribution >= 0.6 is 11.6 Å². The van der Waals surface area contributed by atoms with Crippen LogP contribution in [0.4, 0.5) is 19.1 Å². The topological polar surface area (TPSA) is 112 Å². The summed E-state index contributed by atoms with van der Waals surface area (Å²) in [4.78, 5) is 13.0. The van der Waals surface area contributed by atoms with Gasteiger partial charge in [0.05, 0.1) is 22.5 Å². The lowest BCUT2D eigenvalue weighted by molar-refractivity contribution is 0.0259. The molecule has 3 N–H and O–H groups in total. The van der Waals surface area contributed by atoms with Gasteiger partial charge in [-0.1, -0.05) is 29.8 Å². The maximum Gasteiger partial charge on any atom is 0.333 e. The van der Waals surface area contributed by atoms with Crippen LogP contribution in [0.2, 0.25) is 5.02 Å². The van der Waals surface area contributed by atoms with Crippen LogP contribution in [0, 0.1) is 6.92 Å². The first kappa shape index (κ1) is 25.5. The fourth-order valence-corrected chi connectivity index (χ4v) is 4.69. The number of anilines is 1. The summed E-state index contributed by atoms with van der Waals surface area (Å²) >= 11 is 6.07. The highest BCUT2D eigenvalue weighted by molar-refractivity contribution is 6.31. The second-order valence-corrected chi connectivity index (χ2v) is 9.07. The molecule has 0 bridgehead atoms. The Morgan fingerprint density at radius 1 is 1.32 bits per heavy atom. The van der Waals surface area contributed by atoms with Gasteiger partial charge >= 0.3 is 5.92 Å². The lowest BCUT2D eigenvalue weighted by Crippen LogP contribution is -2.30. The minimum Gasteiger partial charge on any atom is -0.404 e. The van der Waals surface area contributed by atoms with Crippen LogP contribution in [0.25, 0.3) is 22.8 Å². The van der Waals surface area contributed by atoms with Crippen LogP contribution in [0.3, 0.4) is 0 Å². The van der Waals surface area contributed by atoms with Crippen molar-refractivity contribution in [3.63, 3.8) is 0 Å². The standard InChI is InChI=1S/C25H23ClF3N9/c1-14-11-32-24(33-20(31-2)7-8-30)34-21(14)15-9-19-22-35-36-23(38(22)16(10-27)13-37(19)12-15)25(28,29)17-5-3-4-6-18(17)26/h3-9,11-12,16H,10,13,30H2,1-2H3,(H,31,32,33,34)/t16-/m0/s1. The average Bonchev–Trinajstić information content (AvgIpc) is 3.54. The molecule has 1 aromatic carbocycles. The van der Waals surface area contributed by atoms with Crippen molar-refractivity contribution in [2.45, 2.75) is 25.4 Å². The molecule has 0 aliphatic carbocycles. The van der Waals surface area contributed by atoms with Crippen molar-refractivity contribution in [2.24, 2.45) is 10.7 Å². The van der Waals surface area contributed by atoms with Crippen molar-refractivity contribution < 1.29 is 13.2 Å². The Labute approximate surface area is 220 Å². The van der Waals surface area contributed by atoms with Crippen LogP contribution < -0.4 is 11.1 Å². The lowest BCUT2D eigenvalue weighted by atomic mass is 10.1. The van der Waals surface area contributed by atoms with E-state index in [1.54, 1.807) is 42.2 Å². The zero-order valence-corrected chi connectivity index (χ0v) is 21.2. The van der Waals surface area contributed by atoms with Crippen LogP contribution in [-0.4, -0.2) is 48.9 Å². The molecule has 0 fully saturated rings. The van der Waals surface area contributed by atoms with Crippen molar-refractivity contribution in [1.29, 1.82) is 0 Å². The minimum absolute atomic E-state index is 0.103. The molecule has 13 heteroatoms. The molecule has 1 atom stereocenters. The van der Waals surface area contributed by atoms with E-state index >= 15 is 8.78 Å². The van der Waals surface area contributed by atoms with Crippen LogP contribution in [0.15, 0.2) is 60.0 Å². The number of aryl methyl sites for hydroxylation is 1. The summed E-state index contributed by atoms with van der Waals surface area (Å²) in [6.45, 7) is 1.06. The Bertz CT molecular complexity index is 1560. The third kappa shape index (κ3) is 4.30. The second kappa shape index (κ2) is 9.93. The first-order chi connectivity index (χ1) is 18.3. The van der Waals surface area contributed by atoms with Crippen LogP contribution in [-0.2, 0) is 12.5 Å². The number of nitrogens with two attached hydrogens (primary N) is 1. The molecular weight excluding hydrogens is 519 g/mol. The first-order valence-electron chi connectivity index (χ1n) is 11.6. The smallest absolute Gasteiger partial charge is 0.333 e. The molecule has 0 amide bonds. The normalized spacial score (nSPS) is 15.5. The fourth-order valence-electron chi connectivity index (χ4n) is 4.44. The number of benzene rings is 1. The van der Waals surface area contributed by atoms with Gasteiger partial charge in [-0.2, -0.15) is 8.78 Å². The zero-order valence-electron chi connectivity index (χ0n) is 20.4. The van der Waals surface area contributed by atoms with E-state index in [0.29, 0.717) is 28.7 Å². The second-order valence-electron chi connectivity index (χ2n) is 8.66. The number of nitrogens with zero attached hydrogens (tertiary/aromatic N) is 7. The molecule has 0 saturated carbocycles. The number of hydrogen-bond donors (Lipinski definition) is 2. The van der Waals surface area contributed by atoms with Crippen LogP contribution in [0.1, 0.15) is 23.0 Å². The molecule has 0 radical (unpaired) electrons. The number of alkyl halides is 3. The molecular formula is C25H23ClF3N9. The van der Waals surface area contributed by atoms with Crippen molar-refractivity contribution >= 4 is 23.4 Å². The molecule has 3 aromatic heterocycles. The third-order valence-electron chi connectivity index (χ3n) is 6.25. The summed E-state index contributed by atoms with van der Waals surface area (Å²) in [5.74, 6) is -3.37. The van der Waals surface area contributed by atoms with E-state index < -0.39 is 30.0 Å². The van der Waals surface area contributed by atoms with Crippen molar-refractivity contribution in [2.75, 3.05) is 19.0 Å². The summed E-state index contributed by atoms with van der Waals surface area (Å²) in [7, 11) is 1.60. The Hall–Kier alpha value is -4.19. The highest BCUT2D eigenvalue weighted by atomic mass is 35.5. The highest BCUT2D eigenvalue weighted by Crippen LogP contribution is 2.43. The monoisotopic (exact) mass is 541 g/mol. The molecule has 0 unspecified atom stereocenters. The van der Waals surface area contributed by atoms with Gasteiger partial charge in [0.1, 0.15) is 12.5 Å². The summed E-state index contributed by atoms with van der Waals surface area (Å²) < 4.78 is 48.4. The van der Waals surface area contributed by atoms with Gasteiger partial charge in [-0.05, 0) is 36.9 Å². The van der Waals surface area contributed by atoms with Gasteiger partial charge in [0.25, 0.3) is 0 Å². The Balaban J connectivity index is 1.58. The molecule has 1 aliphatic rings. The predicted molar refractivity (Wildman–Crippen MR) is 139 cm³/mol. The summed E-state index contributed by atoms with van der Waals surface area (Å²) in [6, 6.07) is 6.44. The van der Waals surface area contributed by atoms with E-state index in [0.717, 1.165) is 5.56 Å². The Kier molecular flexibility index (Phi) is 6.66. The van der Waals surface area contributed by atoms with E-state index in [4.69, 9.17) is 17.3 Å². The van der Waals surface area contributed by atoms with Crippen molar-refractivity contribution in [3.8, 4) is 22.8 Å². The molecule has 1 aliphatic heterocycles. The fraction of sp³-hybridized carbons (Fsp3) is 0.240. The number of halogens is 4. The van der Waals surface area contributed by atoms with E-state index in [1.165, 1.54) is 29.0 Å².